The van der Waals surface area contributed by atoms with Gasteiger partial charge in [0.1, 0.15) is 10.7 Å². The molecule has 7 nitrogen and oxygen atoms in total. The number of sulfonamides is 1. The molecule has 0 saturated carbocycles. The van der Waals surface area contributed by atoms with Gasteiger partial charge in [0.2, 0.25) is 15.8 Å². The quantitative estimate of drug-likeness (QED) is 0.814. The van der Waals surface area contributed by atoms with Crippen LogP contribution in [0, 0.1) is 12.3 Å². The summed E-state index contributed by atoms with van der Waals surface area (Å²) in [6, 6.07) is 1.17. The van der Waals surface area contributed by atoms with Gasteiger partial charge in [-0.1, -0.05) is 13.8 Å². The lowest BCUT2D eigenvalue weighted by Crippen LogP contribution is -2.53. The van der Waals surface area contributed by atoms with E-state index in [1.807, 2.05) is 13.8 Å². The number of ether oxygens (including phenoxy) is 1. The lowest BCUT2D eigenvalue weighted by atomic mass is 9.81. The predicted molar refractivity (Wildman–Crippen MR) is 87.2 cm³/mol. The first-order chi connectivity index (χ1) is 10.1. The average Bonchev–Trinajstić information content (AvgIpc) is 2.83. The fourth-order valence-corrected chi connectivity index (χ4v) is 4.38. The number of halogens is 1. The topological polar surface area (TPSA) is 103 Å². The average molecular weight is 367 g/mol. The number of nitrogens with two attached hydrogens (primary N) is 1. The second-order valence-corrected chi connectivity index (χ2v) is 8.15. The van der Waals surface area contributed by atoms with Gasteiger partial charge in [-0.15, -0.1) is 12.4 Å². The van der Waals surface area contributed by atoms with Crippen LogP contribution in [-0.2, 0) is 14.8 Å². The van der Waals surface area contributed by atoms with Crippen molar-refractivity contribution in [2.24, 2.45) is 11.1 Å². The van der Waals surface area contributed by atoms with Crippen LogP contribution in [0.1, 0.15) is 36.6 Å². The number of furan rings is 1. The van der Waals surface area contributed by atoms with Crippen LogP contribution >= 0.6 is 12.4 Å². The second kappa shape index (κ2) is 6.80. The molecule has 1 aliphatic heterocycles. The summed E-state index contributed by atoms with van der Waals surface area (Å²) < 4.78 is 36.8. The van der Waals surface area contributed by atoms with Crippen molar-refractivity contribution in [1.82, 2.24) is 4.31 Å². The minimum absolute atomic E-state index is 0. The lowest BCUT2D eigenvalue weighted by Gasteiger charge is -2.41. The van der Waals surface area contributed by atoms with Gasteiger partial charge in [-0.25, -0.2) is 13.2 Å². The summed E-state index contributed by atoms with van der Waals surface area (Å²) in [5, 5.41) is 0. The number of esters is 1. The number of aryl methyl sites for hydroxylation is 1. The highest BCUT2D eigenvalue weighted by Gasteiger charge is 2.40. The van der Waals surface area contributed by atoms with E-state index in [0.29, 0.717) is 19.5 Å². The van der Waals surface area contributed by atoms with Gasteiger partial charge < -0.3 is 14.9 Å². The smallest absolute Gasteiger partial charge is 0.373 e. The Morgan fingerprint density at radius 2 is 2.09 bits per heavy atom. The van der Waals surface area contributed by atoms with Crippen LogP contribution in [0.2, 0.25) is 0 Å². The molecule has 1 fully saturated rings. The molecule has 1 aliphatic rings. The number of rotatable bonds is 3. The molecule has 1 saturated heterocycles. The molecule has 1 atom stereocenters. The largest absolute Gasteiger partial charge is 0.463 e. The number of nitrogens with zero attached hydrogens (tertiary/aromatic N) is 1. The Hall–Kier alpha value is -1.09. The Bertz CT molecular complexity index is 683. The van der Waals surface area contributed by atoms with Crippen molar-refractivity contribution in [3.63, 3.8) is 0 Å². The van der Waals surface area contributed by atoms with E-state index in [1.54, 1.807) is 0 Å². The minimum Gasteiger partial charge on any atom is -0.463 e. The molecule has 2 rings (SSSR count). The zero-order valence-corrected chi connectivity index (χ0v) is 15.3. The zero-order chi connectivity index (χ0) is 16.7. The molecule has 0 spiro atoms. The number of hydrogen-bond acceptors (Lipinski definition) is 6. The third-order valence-corrected chi connectivity index (χ3v) is 6.11. The maximum atomic E-state index is 12.8. The molecule has 1 unspecified atom stereocenters. The van der Waals surface area contributed by atoms with Crippen LogP contribution < -0.4 is 5.73 Å². The number of carbonyl (C=O) groups is 1. The fourth-order valence-electron chi connectivity index (χ4n) is 2.59. The first kappa shape index (κ1) is 20.0. The highest BCUT2D eigenvalue weighted by molar-refractivity contribution is 7.89. The van der Waals surface area contributed by atoms with Gasteiger partial charge in [0.25, 0.3) is 0 Å². The summed E-state index contributed by atoms with van der Waals surface area (Å²) in [6.07, 6.45) is 0.590. The molecule has 23 heavy (non-hydrogen) atoms. The molecule has 132 valence electrons. The van der Waals surface area contributed by atoms with E-state index in [4.69, 9.17) is 10.2 Å². The molecule has 0 radical (unpaired) electrons. The van der Waals surface area contributed by atoms with Gasteiger partial charge in [0, 0.05) is 25.2 Å². The van der Waals surface area contributed by atoms with Crippen LogP contribution in [0.5, 0.6) is 0 Å². The summed E-state index contributed by atoms with van der Waals surface area (Å²) in [4.78, 5) is 11.5. The van der Waals surface area contributed by atoms with Crippen molar-refractivity contribution in [2.45, 2.75) is 38.1 Å². The summed E-state index contributed by atoms with van der Waals surface area (Å²) in [6.45, 7) is 6.09. The number of carbonyl (C=O) groups excluding carboxylic acids is 1. The van der Waals surface area contributed by atoms with Crippen LogP contribution in [-0.4, -0.2) is 44.9 Å². The Balaban J connectivity index is 0.00000264. The highest BCUT2D eigenvalue weighted by Crippen LogP contribution is 2.32. The first-order valence-electron chi connectivity index (χ1n) is 7.04. The molecular weight excluding hydrogens is 344 g/mol. The molecular formula is C14H23ClN2O5S. The Kier molecular flexibility index (Phi) is 5.90. The van der Waals surface area contributed by atoms with Gasteiger partial charge in [-0.2, -0.15) is 4.31 Å². The van der Waals surface area contributed by atoms with E-state index in [1.165, 1.54) is 24.4 Å². The molecule has 2 heterocycles. The van der Waals surface area contributed by atoms with Gasteiger partial charge in [-0.3, -0.25) is 0 Å². The van der Waals surface area contributed by atoms with Crippen LogP contribution in [0.25, 0.3) is 0 Å². The monoisotopic (exact) mass is 366 g/mol. The molecule has 0 bridgehead atoms. The van der Waals surface area contributed by atoms with Gasteiger partial charge in [-0.05, 0) is 18.8 Å². The van der Waals surface area contributed by atoms with E-state index in [0.717, 1.165) is 0 Å². The third kappa shape index (κ3) is 3.71. The van der Waals surface area contributed by atoms with E-state index in [9.17, 15) is 13.2 Å². The lowest BCUT2D eigenvalue weighted by molar-refractivity contribution is 0.0563. The predicted octanol–water partition coefficient (Wildman–Crippen LogP) is 1.54. The fraction of sp³-hybridized carbons (Fsp3) is 0.643. The van der Waals surface area contributed by atoms with E-state index in [-0.39, 0.29) is 40.3 Å². The maximum Gasteiger partial charge on any atom is 0.373 e. The van der Waals surface area contributed by atoms with Crippen LogP contribution in [0.3, 0.4) is 0 Å². The SMILES string of the molecule is COC(=O)c1cc(S(=O)(=O)N2CCC(N)C(C)(C)C2)c(C)o1.Cl. The van der Waals surface area contributed by atoms with Gasteiger partial charge in [0.15, 0.2) is 0 Å². The molecule has 0 aliphatic carbocycles. The summed E-state index contributed by atoms with van der Waals surface area (Å²) >= 11 is 0. The zero-order valence-electron chi connectivity index (χ0n) is 13.7. The van der Waals surface area contributed by atoms with Crippen molar-refractivity contribution >= 4 is 28.4 Å². The molecule has 0 amide bonds. The van der Waals surface area contributed by atoms with Crippen LogP contribution in [0.15, 0.2) is 15.4 Å². The second-order valence-electron chi connectivity index (χ2n) is 6.25. The Morgan fingerprint density at radius 1 is 1.48 bits per heavy atom. The number of hydrogen-bond donors (Lipinski definition) is 1. The molecule has 2 N–H and O–H groups in total. The molecule has 1 aromatic heterocycles. The summed E-state index contributed by atoms with van der Waals surface area (Å²) in [5.74, 6) is -0.648. The first-order valence-corrected chi connectivity index (χ1v) is 8.48. The van der Waals surface area contributed by atoms with E-state index in [2.05, 4.69) is 4.74 Å². The third-order valence-electron chi connectivity index (χ3n) is 4.15. The standard InChI is InChI=1S/C14H22N2O5S.ClH/c1-9-11(7-10(21-9)13(17)20-4)22(18,19)16-6-5-12(15)14(2,3)8-16;/h7,12H,5-6,8,15H2,1-4H3;1H. The van der Waals surface area contributed by atoms with Crippen LogP contribution in [0.4, 0.5) is 0 Å². The Morgan fingerprint density at radius 3 is 2.61 bits per heavy atom. The normalized spacial score (nSPS) is 21.5. The van der Waals surface area contributed by atoms with E-state index < -0.39 is 16.0 Å². The molecule has 9 heteroatoms. The van der Waals surface area contributed by atoms with Gasteiger partial charge >= 0.3 is 5.97 Å². The molecule has 1 aromatic rings. The van der Waals surface area contributed by atoms with E-state index >= 15 is 0 Å². The van der Waals surface area contributed by atoms with Gasteiger partial charge in [0.05, 0.1) is 7.11 Å². The number of piperidine rings is 1. The minimum atomic E-state index is -3.73. The van der Waals surface area contributed by atoms with Crippen molar-refractivity contribution in [3.05, 3.63) is 17.6 Å². The summed E-state index contributed by atoms with van der Waals surface area (Å²) in [7, 11) is -2.52. The maximum absolute atomic E-state index is 12.8. The van der Waals surface area contributed by atoms with Crippen molar-refractivity contribution in [1.29, 1.82) is 0 Å². The Labute approximate surface area is 142 Å². The summed E-state index contributed by atoms with van der Waals surface area (Å²) in [5.41, 5.74) is 5.74. The number of methoxy groups -OCH3 is 1. The van der Waals surface area contributed by atoms with Crippen molar-refractivity contribution in [2.75, 3.05) is 20.2 Å². The van der Waals surface area contributed by atoms with Crippen molar-refractivity contribution < 1.29 is 22.4 Å². The highest BCUT2D eigenvalue weighted by atomic mass is 35.5. The van der Waals surface area contributed by atoms with Crippen molar-refractivity contribution in [3.8, 4) is 0 Å². The molecule has 0 aromatic carbocycles.